The number of hydrogen-bond donors (Lipinski definition) is 1. The number of ether oxygens (including phenoxy) is 1. The van der Waals surface area contributed by atoms with Gasteiger partial charge in [0.2, 0.25) is 0 Å². The molecule has 0 aliphatic carbocycles. The molecule has 1 N–H and O–H groups in total. The highest BCUT2D eigenvalue weighted by atomic mass is 16.5. The van der Waals surface area contributed by atoms with Crippen LogP contribution >= 0.6 is 0 Å². The second-order valence-electron chi connectivity index (χ2n) is 5.22. The quantitative estimate of drug-likeness (QED) is 0.886. The zero-order chi connectivity index (χ0) is 14.0. The Morgan fingerprint density at radius 2 is 2.00 bits per heavy atom. The summed E-state index contributed by atoms with van der Waals surface area (Å²) in [6.45, 7) is 7.38. The molecule has 0 saturated carbocycles. The van der Waals surface area contributed by atoms with E-state index in [-0.39, 0.29) is 12.2 Å². The Labute approximate surface area is 114 Å². The van der Waals surface area contributed by atoms with Crippen LogP contribution in [0.25, 0.3) is 0 Å². The molecule has 2 rings (SSSR count). The smallest absolute Gasteiger partial charge is 0.0992 e. The van der Waals surface area contributed by atoms with Gasteiger partial charge in [-0.3, -0.25) is 0 Å². The largest absolute Gasteiger partial charge is 0.389 e. The van der Waals surface area contributed by atoms with E-state index in [4.69, 9.17) is 10.00 Å². The number of rotatable bonds is 2. The normalized spacial score (nSPS) is 24.9. The monoisotopic (exact) mass is 260 g/mol. The first-order chi connectivity index (χ1) is 9.01. The average Bonchev–Trinajstić information content (AvgIpc) is 2.36. The van der Waals surface area contributed by atoms with Gasteiger partial charge in [-0.25, -0.2) is 0 Å². The Kier molecular flexibility index (Phi) is 4.08. The molecule has 0 radical (unpaired) electrons. The fourth-order valence-electron chi connectivity index (χ4n) is 2.61. The maximum absolute atomic E-state index is 9.89. The minimum atomic E-state index is -0.545. The molecule has 19 heavy (non-hydrogen) atoms. The van der Waals surface area contributed by atoms with Crippen LogP contribution in [-0.2, 0) is 4.74 Å². The van der Waals surface area contributed by atoms with Gasteiger partial charge >= 0.3 is 0 Å². The predicted octanol–water partition coefficient (Wildman–Crippen LogP) is 2.23. The van der Waals surface area contributed by atoms with Crippen molar-refractivity contribution in [3.05, 3.63) is 29.3 Å². The second kappa shape index (κ2) is 5.60. The number of morpholine rings is 1. The van der Waals surface area contributed by atoms with E-state index in [1.807, 2.05) is 26.0 Å². The van der Waals surface area contributed by atoms with Gasteiger partial charge in [0.25, 0.3) is 0 Å². The number of aliphatic hydroxyl groups is 1. The minimum Gasteiger partial charge on any atom is -0.389 e. The van der Waals surface area contributed by atoms with E-state index < -0.39 is 6.10 Å². The van der Waals surface area contributed by atoms with Crippen LogP contribution in [0.1, 0.15) is 38.0 Å². The van der Waals surface area contributed by atoms with Gasteiger partial charge in [-0.1, -0.05) is 6.07 Å². The topological polar surface area (TPSA) is 56.5 Å². The van der Waals surface area contributed by atoms with E-state index in [0.29, 0.717) is 5.56 Å². The molecule has 1 aromatic rings. The first-order valence-electron chi connectivity index (χ1n) is 6.63. The summed E-state index contributed by atoms with van der Waals surface area (Å²) in [7, 11) is 0. The molecule has 102 valence electrons. The van der Waals surface area contributed by atoms with Gasteiger partial charge in [0, 0.05) is 24.3 Å². The second-order valence-corrected chi connectivity index (χ2v) is 5.22. The maximum atomic E-state index is 9.89. The molecule has 1 saturated heterocycles. The molecular formula is C15H20N2O2. The zero-order valence-corrected chi connectivity index (χ0v) is 11.6. The molecule has 1 fully saturated rings. The first kappa shape index (κ1) is 13.9. The lowest BCUT2D eigenvalue weighted by Gasteiger charge is -2.38. The summed E-state index contributed by atoms with van der Waals surface area (Å²) < 4.78 is 5.73. The van der Waals surface area contributed by atoms with Crippen LogP contribution < -0.4 is 4.90 Å². The van der Waals surface area contributed by atoms with E-state index in [2.05, 4.69) is 11.0 Å². The third-order valence-corrected chi connectivity index (χ3v) is 3.37. The molecule has 1 heterocycles. The van der Waals surface area contributed by atoms with Crippen molar-refractivity contribution in [3.63, 3.8) is 0 Å². The van der Waals surface area contributed by atoms with Crippen LogP contribution in [0.3, 0.4) is 0 Å². The lowest BCUT2D eigenvalue weighted by Crippen LogP contribution is -2.46. The molecule has 0 bridgehead atoms. The van der Waals surface area contributed by atoms with E-state index in [1.165, 1.54) is 0 Å². The highest BCUT2D eigenvalue weighted by molar-refractivity contribution is 5.59. The fraction of sp³-hybridized carbons (Fsp3) is 0.533. The van der Waals surface area contributed by atoms with Crippen molar-refractivity contribution in [1.82, 2.24) is 0 Å². The number of anilines is 1. The van der Waals surface area contributed by atoms with Crippen molar-refractivity contribution in [2.24, 2.45) is 0 Å². The van der Waals surface area contributed by atoms with Crippen LogP contribution in [0.15, 0.2) is 18.2 Å². The number of hydrogen-bond acceptors (Lipinski definition) is 4. The van der Waals surface area contributed by atoms with Crippen molar-refractivity contribution in [2.45, 2.75) is 39.1 Å². The molecule has 2 unspecified atom stereocenters. The molecule has 3 atom stereocenters. The molecule has 0 amide bonds. The lowest BCUT2D eigenvalue weighted by molar-refractivity contribution is -0.00538. The summed E-state index contributed by atoms with van der Waals surface area (Å²) in [5.74, 6) is 0. The maximum Gasteiger partial charge on any atom is 0.0992 e. The Balaban J connectivity index is 2.38. The Hall–Kier alpha value is -1.57. The summed E-state index contributed by atoms with van der Waals surface area (Å²) in [5, 5.41) is 18.9. The Morgan fingerprint density at radius 1 is 1.37 bits per heavy atom. The van der Waals surface area contributed by atoms with Gasteiger partial charge in [0.05, 0.1) is 29.9 Å². The molecule has 1 aliphatic heterocycles. The highest BCUT2D eigenvalue weighted by Gasteiger charge is 2.25. The van der Waals surface area contributed by atoms with E-state index in [9.17, 15) is 5.11 Å². The van der Waals surface area contributed by atoms with Gasteiger partial charge in [-0.05, 0) is 32.9 Å². The van der Waals surface area contributed by atoms with E-state index in [0.717, 1.165) is 24.3 Å². The first-order valence-corrected chi connectivity index (χ1v) is 6.63. The summed E-state index contributed by atoms with van der Waals surface area (Å²) in [6, 6.07) is 7.59. The SMILES string of the molecule is CC1CN(c2cc(C#N)ccc2[C@@H](C)O)CC(C)O1. The molecular weight excluding hydrogens is 240 g/mol. The van der Waals surface area contributed by atoms with Gasteiger partial charge in [0.1, 0.15) is 0 Å². The minimum absolute atomic E-state index is 0.149. The molecule has 4 heteroatoms. The van der Waals surface area contributed by atoms with Gasteiger partial charge in [0.15, 0.2) is 0 Å². The van der Waals surface area contributed by atoms with Gasteiger partial charge in [-0.2, -0.15) is 5.26 Å². The molecule has 1 aromatic carbocycles. The molecule has 1 aliphatic rings. The summed E-state index contributed by atoms with van der Waals surface area (Å²) in [4.78, 5) is 2.20. The number of aliphatic hydroxyl groups excluding tert-OH is 1. The van der Waals surface area contributed by atoms with Crippen molar-refractivity contribution in [3.8, 4) is 6.07 Å². The Morgan fingerprint density at radius 3 is 2.53 bits per heavy atom. The third kappa shape index (κ3) is 3.06. The standard InChI is InChI=1S/C15H20N2O2/c1-10-8-17(9-11(2)19-10)15-6-13(7-16)4-5-14(15)12(3)18/h4-6,10-12,18H,8-9H2,1-3H3/t10?,11?,12-/m1/s1. The van der Waals surface area contributed by atoms with Gasteiger partial charge < -0.3 is 14.7 Å². The third-order valence-electron chi connectivity index (χ3n) is 3.37. The van der Waals surface area contributed by atoms with E-state index >= 15 is 0 Å². The van der Waals surface area contributed by atoms with Crippen LogP contribution in [0.5, 0.6) is 0 Å². The van der Waals surface area contributed by atoms with Crippen LogP contribution in [0.4, 0.5) is 5.69 Å². The lowest BCUT2D eigenvalue weighted by atomic mass is 10.0. The van der Waals surface area contributed by atoms with Gasteiger partial charge in [-0.15, -0.1) is 0 Å². The molecule has 4 nitrogen and oxygen atoms in total. The van der Waals surface area contributed by atoms with Crippen molar-refractivity contribution in [1.29, 1.82) is 5.26 Å². The number of nitriles is 1. The van der Waals surface area contributed by atoms with Crippen molar-refractivity contribution < 1.29 is 9.84 Å². The van der Waals surface area contributed by atoms with Crippen molar-refractivity contribution >= 4 is 5.69 Å². The highest BCUT2D eigenvalue weighted by Crippen LogP contribution is 2.29. The molecule has 0 spiro atoms. The summed E-state index contributed by atoms with van der Waals surface area (Å²) >= 11 is 0. The number of nitrogens with zero attached hydrogens (tertiary/aromatic N) is 2. The van der Waals surface area contributed by atoms with Crippen molar-refractivity contribution in [2.75, 3.05) is 18.0 Å². The van der Waals surface area contributed by atoms with E-state index in [1.54, 1.807) is 13.0 Å². The molecule has 0 aromatic heterocycles. The summed E-state index contributed by atoms with van der Waals surface area (Å²) in [6.07, 6.45) is -0.246. The average molecular weight is 260 g/mol. The predicted molar refractivity (Wildman–Crippen MR) is 74.0 cm³/mol. The Bertz CT molecular complexity index is 483. The fourth-order valence-corrected chi connectivity index (χ4v) is 2.61. The van der Waals surface area contributed by atoms with Crippen LogP contribution in [0, 0.1) is 11.3 Å². The number of benzene rings is 1. The zero-order valence-electron chi connectivity index (χ0n) is 11.6. The summed E-state index contributed by atoms with van der Waals surface area (Å²) in [5.41, 5.74) is 2.42. The van der Waals surface area contributed by atoms with Crippen LogP contribution in [-0.4, -0.2) is 30.4 Å². The van der Waals surface area contributed by atoms with Crippen LogP contribution in [0.2, 0.25) is 0 Å².